The molecule has 126 heavy (non-hydrogen) atoms. The molecule has 0 radical (unpaired) electrons. The van der Waals surface area contributed by atoms with Crippen molar-refractivity contribution in [2.45, 2.75) is 588 Å². The Morgan fingerprint density at radius 2 is 0.563 bits per heavy atom. The van der Waals surface area contributed by atoms with E-state index in [2.05, 4.69) is 132 Å². The van der Waals surface area contributed by atoms with Gasteiger partial charge >= 0.3 is 41.8 Å². The summed E-state index contributed by atoms with van der Waals surface area (Å²) in [5.74, 6) is 3.71. The van der Waals surface area contributed by atoms with Gasteiger partial charge in [-0.2, -0.15) is 0 Å². The Hall–Kier alpha value is -3.71. The largest absolute Gasteiger partial charge is 0.459 e. The fourth-order valence-electron chi connectivity index (χ4n) is 20.3. The molecule has 0 heterocycles. The number of hydrogen-bond donors (Lipinski definition) is 0. The lowest BCUT2D eigenvalue weighted by atomic mass is 9.65. The van der Waals surface area contributed by atoms with Crippen LogP contribution in [0, 0.1) is 87.8 Å². The van der Waals surface area contributed by atoms with Crippen LogP contribution in [-0.2, 0) is 66.7 Å². The van der Waals surface area contributed by atoms with Gasteiger partial charge in [-0.3, -0.25) is 33.6 Å². The summed E-state index contributed by atoms with van der Waals surface area (Å²) in [4.78, 5) is 84.9. The van der Waals surface area contributed by atoms with Gasteiger partial charge in [-0.15, -0.1) is 0 Å². The van der Waals surface area contributed by atoms with E-state index >= 15 is 0 Å². The van der Waals surface area contributed by atoms with Crippen molar-refractivity contribution in [3.8, 4) is 0 Å². The second-order valence-electron chi connectivity index (χ2n) is 44.6. The maximum absolute atomic E-state index is 12.2. The van der Waals surface area contributed by atoms with Crippen LogP contribution in [0.25, 0.3) is 0 Å². The number of esters is 7. The van der Waals surface area contributed by atoms with Crippen molar-refractivity contribution in [3.05, 3.63) is 0 Å². The van der Waals surface area contributed by atoms with Crippen LogP contribution in [0.4, 0.5) is 0 Å². The molecule has 7 saturated carbocycles. The van der Waals surface area contributed by atoms with Crippen molar-refractivity contribution in [1.29, 1.82) is 0 Å². The number of carbonyl (C=O) groups excluding carboxylic acids is 7. The zero-order valence-corrected chi connectivity index (χ0v) is 89.0. The smallest absolute Gasteiger partial charge is 0.309 e. The molecule has 7 aliphatic rings. The topological polar surface area (TPSA) is 184 Å². The van der Waals surface area contributed by atoms with Gasteiger partial charge in [-0.25, -0.2) is 0 Å². The zero-order valence-electron chi connectivity index (χ0n) is 89.0. The summed E-state index contributed by atoms with van der Waals surface area (Å²) >= 11 is 0. The molecule has 0 saturated heterocycles. The summed E-state index contributed by atoms with van der Waals surface area (Å²) in [5, 5.41) is 0. The molecule has 0 aromatic heterocycles. The van der Waals surface area contributed by atoms with Crippen LogP contribution in [0.15, 0.2) is 0 Å². The van der Waals surface area contributed by atoms with Gasteiger partial charge in [0.25, 0.3) is 0 Å². The van der Waals surface area contributed by atoms with Gasteiger partial charge in [-0.1, -0.05) is 272 Å². The fourth-order valence-corrected chi connectivity index (χ4v) is 20.3. The third kappa shape index (κ3) is 41.4. The predicted molar refractivity (Wildman–Crippen MR) is 528 cm³/mol. The summed E-state index contributed by atoms with van der Waals surface area (Å²) in [7, 11) is 0. The van der Waals surface area contributed by atoms with Crippen molar-refractivity contribution < 1.29 is 66.7 Å². The van der Waals surface area contributed by atoms with Crippen LogP contribution in [0.5, 0.6) is 0 Å². The van der Waals surface area contributed by atoms with Crippen molar-refractivity contribution in [1.82, 2.24) is 0 Å². The summed E-state index contributed by atoms with van der Waals surface area (Å²) in [6, 6.07) is 0. The monoisotopic (exact) mass is 1780 g/mol. The van der Waals surface area contributed by atoms with Gasteiger partial charge in [-0.05, 0) is 317 Å². The van der Waals surface area contributed by atoms with Crippen molar-refractivity contribution in [2.24, 2.45) is 87.8 Å². The summed E-state index contributed by atoms with van der Waals surface area (Å²) in [6.45, 7) is 66.2. The van der Waals surface area contributed by atoms with E-state index in [4.69, 9.17) is 33.2 Å². The average Bonchev–Trinajstić information content (AvgIpc) is 0.773. The van der Waals surface area contributed by atoms with Crippen LogP contribution < -0.4 is 0 Å². The standard InChI is InChI=1S/7C16H30O2/c1-6-13(2)14(17)18-16(12-15(3,4)5)10-8-7-9-11-16;1-6-13(4)15(17)18-16(14(5)12(2)3)10-8-7-9-11-16;1-6-13(3)14(17)18-16(15(4,5)7-2)11-9-8-10-12-16;1-5-14(4)15(17)18-16(12-9-13(2)3)10-7-6-8-11-16;1-5-13(3)12-16(10-8-7-9-11-16)18-15(17)14(4)6-2;1-5-10-14(4)16(11-8-7-9-12-16)18-15(17)13(3)6-2;1-5-13(4)15(17)18-16(14(6-2)7-3)11-9-8-10-12-16/h13H,6-12H2,1-5H3;12-14H,6-11H2,1-5H3;13H,6-12H2,1-5H3;4*13-14H,5-12H2,1-4H3. The lowest BCUT2D eigenvalue weighted by molar-refractivity contribution is -0.186. The van der Waals surface area contributed by atoms with Crippen LogP contribution in [0.3, 0.4) is 0 Å². The second kappa shape index (κ2) is 61.2. The summed E-state index contributed by atoms with van der Waals surface area (Å²) in [5.41, 5.74) is -0.887. The summed E-state index contributed by atoms with van der Waals surface area (Å²) < 4.78 is 42.0. The Kier molecular flexibility index (Phi) is 58.5. The van der Waals surface area contributed by atoms with Gasteiger partial charge in [0.05, 0.1) is 41.4 Å². The zero-order chi connectivity index (χ0) is 95.8. The van der Waals surface area contributed by atoms with Crippen molar-refractivity contribution in [3.63, 3.8) is 0 Å². The predicted octanol–water partition coefficient (Wildman–Crippen LogP) is 32.9. The number of ether oxygens (including phenoxy) is 7. The molecule has 10 unspecified atom stereocenters. The van der Waals surface area contributed by atoms with Gasteiger partial charge in [0.15, 0.2) is 0 Å². The lowest BCUT2D eigenvalue weighted by Crippen LogP contribution is -2.50. The molecule has 0 aromatic rings. The van der Waals surface area contributed by atoms with E-state index < -0.39 is 0 Å². The maximum atomic E-state index is 12.2. The first-order valence-corrected chi connectivity index (χ1v) is 53.8. The molecule has 10 atom stereocenters. The molecular weight excluding hydrogens is 1570 g/mol. The third-order valence-electron chi connectivity index (χ3n) is 32.1. The molecule has 0 aromatic carbocycles. The first-order chi connectivity index (χ1) is 59.2. The molecule has 0 aliphatic heterocycles. The van der Waals surface area contributed by atoms with E-state index in [0.29, 0.717) is 35.5 Å². The number of rotatable bonds is 38. The molecule has 0 bridgehead atoms. The molecule has 7 aliphatic carbocycles. The quantitative estimate of drug-likeness (QED) is 0.0420. The molecule has 14 nitrogen and oxygen atoms in total. The molecule has 0 N–H and O–H groups in total. The molecular formula is C112H210O14. The molecule has 7 rings (SSSR count). The van der Waals surface area contributed by atoms with Crippen molar-refractivity contribution >= 4 is 41.8 Å². The Balaban J connectivity index is 0.000000735. The van der Waals surface area contributed by atoms with Crippen LogP contribution in [0.1, 0.15) is 549 Å². The first-order valence-electron chi connectivity index (χ1n) is 53.8. The van der Waals surface area contributed by atoms with Crippen LogP contribution >= 0.6 is 0 Å². The second-order valence-corrected chi connectivity index (χ2v) is 44.6. The normalized spacial score (nSPS) is 21.6. The molecule has 0 amide bonds. The van der Waals surface area contributed by atoms with Gasteiger partial charge < -0.3 is 33.2 Å². The fraction of sp³-hybridized carbons (Fsp3) is 0.938. The van der Waals surface area contributed by atoms with E-state index in [1.807, 2.05) is 83.1 Å². The average molecular weight is 1780 g/mol. The SMILES string of the molecule is CCC(C)C(=O)OC1(C(C)(C)CC)CCCCC1.CCC(C)C(=O)OC1(C(C)C(C)C)CCCCC1.CCC(C)C(=O)OC1(C(CC)CC)CCCCC1.CCC(C)C(=O)OC1(CC(C)(C)C)CCCCC1.CCC(C)C(=O)OC1(CCC(C)C)CCCCC1.CCC(C)CC1(OC(=O)C(C)CC)CCCCC1.CCCC(C)C1(OC(=O)C(C)CC)CCCCC1. The maximum Gasteiger partial charge on any atom is 0.309 e. The number of hydrogen-bond acceptors (Lipinski definition) is 14. The highest BCUT2D eigenvalue weighted by atomic mass is 16.6. The van der Waals surface area contributed by atoms with E-state index in [0.717, 1.165) is 186 Å². The van der Waals surface area contributed by atoms with Crippen LogP contribution in [-0.4, -0.2) is 81.0 Å². The minimum atomic E-state index is -0.222. The van der Waals surface area contributed by atoms with Crippen molar-refractivity contribution in [2.75, 3.05) is 0 Å². The first kappa shape index (κ1) is 120. The molecule has 0 spiro atoms. The molecule has 742 valence electrons. The van der Waals surface area contributed by atoms with E-state index in [9.17, 15) is 33.6 Å². The Morgan fingerprint density at radius 3 is 0.873 bits per heavy atom. The van der Waals surface area contributed by atoms with Gasteiger partial charge in [0.1, 0.15) is 39.2 Å². The Labute approximate surface area is 779 Å². The highest BCUT2D eigenvalue weighted by molar-refractivity contribution is 5.75. The van der Waals surface area contributed by atoms with E-state index in [1.165, 1.54) is 148 Å². The Morgan fingerprint density at radius 1 is 0.286 bits per heavy atom. The minimum Gasteiger partial charge on any atom is -0.459 e. The minimum absolute atomic E-state index is 0.000856. The van der Waals surface area contributed by atoms with E-state index in [1.54, 1.807) is 0 Å². The van der Waals surface area contributed by atoms with Gasteiger partial charge in [0.2, 0.25) is 0 Å². The highest BCUT2D eigenvalue weighted by Crippen LogP contribution is 2.50. The Bertz CT molecular complexity index is 2860. The summed E-state index contributed by atoms with van der Waals surface area (Å²) in [6.07, 6.45) is 57.8. The van der Waals surface area contributed by atoms with Crippen LogP contribution in [0.2, 0.25) is 0 Å². The molecule has 14 heteroatoms. The third-order valence-corrected chi connectivity index (χ3v) is 32.1. The number of carbonyl (C=O) groups is 7. The van der Waals surface area contributed by atoms with E-state index in [-0.39, 0.29) is 133 Å². The van der Waals surface area contributed by atoms with Gasteiger partial charge in [0, 0.05) is 5.41 Å². The lowest BCUT2D eigenvalue weighted by Gasteiger charge is -2.48. The molecule has 7 fully saturated rings. The highest BCUT2D eigenvalue weighted by Gasteiger charge is 2.50.